The van der Waals surface area contributed by atoms with E-state index in [0.29, 0.717) is 6.54 Å². The summed E-state index contributed by atoms with van der Waals surface area (Å²) in [5.41, 5.74) is 6.40. The molecule has 0 aliphatic rings. The Morgan fingerprint density at radius 3 is 2.58 bits per heavy atom. The van der Waals surface area contributed by atoms with Gasteiger partial charge in [-0.2, -0.15) is 0 Å². The van der Waals surface area contributed by atoms with Crippen LogP contribution < -0.4 is 15.8 Å². The van der Waals surface area contributed by atoms with Crippen LogP contribution in [0.25, 0.3) is 10.8 Å². The van der Waals surface area contributed by atoms with Crippen molar-refractivity contribution in [2.75, 3.05) is 12.8 Å². The van der Waals surface area contributed by atoms with E-state index in [1.807, 2.05) is 36.4 Å². The van der Waals surface area contributed by atoms with Gasteiger partial charge >= 0.3 is 0 Å². The molecular weight excluding hydrogens is 334 g/mol. The number of nitrogens with zero attached hydrogens (tertiary/aromatic N) is 1. The van der Waals surface area contributed by atoms with E-state index in [1.165, 1.54) is 18.2 Å². The third-order valence-electron chi connectivity index (χ3n) is 4.05. The van der Waals surface area contributed by atoms with Gasteiger partial charge in [0.1, 0.15) is 11.4 Å². The summed E-state index contributed by atoms with van der Waals surface area (Å²) in [5, 5.41) is 15.8. The fourth-order valence-electron chi connectivity index (χ4n) is 2.64. The minimum absolute atomic E-state index is 0.0245. The quantitative estimate of drug-likeness (QED) is 0.417. The number of nitro benzene ring substituents is 1. The Morgan fingerprint density at radius 2 is 1.85 bits per heavy atom. The summed E-state index contributed by atoms with van der Waals surface area (Å²) in [4.78, 5) is 22.6. The third kappa shape index (κ3) is 3.56. The summed E-state index contributed by atoms with van der Waals surface area (Å²) < 4.78 is 5.20. The van der Waals surface area contributed by atoms with Crippen molar-refractivity contribution in [2.24, 2.45) is 0 Å². The molecule has 0 radical (unpaired) electrons. The van der Waals surface area contributed by atoms with Crippen LogP contribution in [0, 0.1) is 10.1 Å². The number of fused-ring (bicyclic) bond motifs is 1. The number of carbonyl (C=O) groups excluding carboxylic acids is 1. The minimum atomic E-state index is -0.607. The first kappa shape index (κ1) is 17.2. The number of nitrogens with two attached hydrogens (primary N) is 1. The van der Waals surface area contributed by atoms with Gasteiger partial charge in [0, 0.05) is 18.2 Å². The molecule has 0 saturated carbocycles. The van der Waals surface area contributed by atoms with Gasteiger partial charge < -0.3 is 15.8 Å². The predicted octanol–water partition coefficient (Wildman–Crippen LogP) is 3.27. The zero-order valence-corrected chi connectivity index (χ0v) is 14.1. The van der Waals surface area contributed by atoms with Crippen molar-refractivity contribution in [1.29, 1.82) is 0 Å². The van der Waals surface area contributed by atoms with E-state index in [-0.39, 0.29) is 16.9 Å². The Kier molecular flexibility index (Phi) is 4.70. The van der Waals surface area contributed by atoms with Gasteiger partial charge in [-0.05, 0) is 46.7 Å². The van der Waals surface area contributed by atoms with Gasteiger partial charge in [0.25, 0.3) is 11.6 Å². The van der Waals surface area contributed by atoms with Crippen molar-refractivity contribution in [3.05, 3.63) is 75.8 Å². The lowest BCUT2D eigenvalue weighted by Gasteiger charge is -2.08. The van der Waals surface area contributed by atoms with Crippen LogP contribution in [-0.2, 0) is 6.54 Å². The number of rotatable bonds is 5. The number of nitrogens with one attached hydrogen (secondary N) is 1. The van der Waals surface area contributed by atoms with Crippen molar-refractivity contribution in [3.63, 3.8) is 0 Å². The number of carbonyl (C=O) groups is 1. The first-order valence-electron chi connectivity index (χ1n) is 7.87. The largest absolute Gasteiger partial charge is 0.497 e. The highest BCUT2D eigenvalue weighted by molar-refractivity contribution is 5.95. The molecule has 7 heteroatoms. The van der Waals surface area contributed by atoms with Crippen molar-refractivity contribution < 1.29 is 14.5 Å². The Bertz CT molecular complexity index is 1000. The Morgan fingerprint density at radius 1 is 1.12 bits per heavy atom. The van der Waals surface area contributed by atoms with Crippen molar-refractivity contribution in [2.45, 2.75) is 6.54 Å². The predicted molar refractivity (Wildman–Crippen MR) is 99.2 cm³/mol. The summed E-state index contributed by atoms with van der Waals surface area (Å²) in [7, 11) is 1.62. The van der Waals surface area contributed by atoms with Crippen molar-refractivity contribution >= 4 is 28.1 Å². The number of nitrogen functional groups attached to an aromatic ring is 1. The second-order valence-corrected chi connectivity index (χ2v) is 5.76. The van der Waals surface area contributed by atoms with E-state index < -0.39 is 10.8 Å². The molecule has 0 fully saturated rings. The van der Waals surface area contributed by atoms with Gasteiger partial charge in [0.2, 0.25) is 0 Å². The van der Waals surface area contributed by atoms with Crippen LogP contribution in [0.4, 0.5) is 11.4 Å². The average molecular weight is 351 g/mol. The molecule has 3 rings (SSSR count). The fraction of sp³-hybridized carbons (Fsp3) is 0.105. The summed E-state index contributed by atoms with van der Waals surface area (Å²) in [6.07, 6.45) is 0. The Balaban J connectivity index is 1.74. The molecule has 0 spiro atoms. The highest BCUT2D eigenvalue weighted by Gasteiger charge is 2.15. The molecule has 132 valence electrons. The van der Waals surface area contributed by atoms with Gasteiger partial charge in [-0.25, -0.2) is 0 Å². The van der Waals surface area contributed by atoms with E-state index in [2.05, 4.69) is 5.32 Å². The first-order valence-corrected chi connectivity index (χ1v) is 7.87. The number of hydrogen-bond donors (Lipinski definition) is 2. The summed E-state index contributed by atoms with van der Waals surface area (Å²) in [6, 6.07) is 15.6. The molecule has 0 aliphatic carbocycles. The monoisotopic (exact) mass is 351 g/mol. The molecule has 26 heavy (non-hydrogen) atoms. The van der Waals surface area contributed by atoms with Gasteiger partial charge in [0.05, 0.1) is 12.0 Å². The average Bonchev–Trinajstić information content (AvgIpc) is 2.65. The maximum absolute atomic E-state index is 12.3. The maximum Gasteiger partial charge on any atom is 0.292 e. The van der Waals surface area contributed by atoms with E-state index in [0.717, 1.165) is 22.1 Å². The van der Waals surface area contributed by atoms with Crippen molar-refractivity contribution in [1.82, 2.24) is 5.32 Å². The topological polar surface area (TPSA) is 107 Å². The highest BCUT2D eigenvalue weighted by atomic mass is 16.6. The molecule has 0 bridgehead atoms. The van der Waals surface area contributed by atoms with Crippen LogP contribution in [-0.4, -0.2) is 17.9 Å². The fourth-order valence-corrected chi connectivity index (χ4v) is 2.64. The second-order valence-electron chi connectivity index (χ2n) is 5.76. The van der Waals surface area contributed by atoms with Crippen molar-refractivity contribution in [3.8, 4) is 5.75 Å². The smallest absolute Gasteiger partial charge is 0.292 e. The summed E-state index contributed by atoms with van der Waals surface area (Å²) in [6.45, 7) is 0.305. The number of ether oxygens (including phenoxy) is 1. The molecule has 0 unspecified atom stereocenters. The molecule has 0 aromatic heterocycles. The molecular formula is C19H17N3O4. The standard InChI is InChI=1S/C19H17N3O4/c1-26-16-6-4-13-8-12(2-3-14(13)9-16)11-21-19(23)15-5-7-17(20)18(10-15)22(24)25/h2-10H,11,20H2,1H3,(H,21,23). The van der Waals surface area contributed by atoms with Crippen LogP contribution in [0.2, 0.25) is 0 Å². The first-order chi connectivity index (χ1) is 12.5. The number of anilines is 1. The number of nitro groups is 1. The van der Waals surface area contributed by atoms with E-state index in [4.69, 9.17) is 10.5 Å². The Hall–Kier alpha value is -3.61. The molecule has 0 saturated heterocycles. The van der Waals surface area contributed by atoms with Crippen LogP contribution in [0.3, 0.4) is 0 Å². The SMILES string of the molecule is COc1ccc2cc(CNC(=O)c3ccc(N)c([N+](=O)[O-])c3)ccc2c1. The van der Waals surface area contributed by atoms with Crippen LogP contribution in [0.1, 0.15) is 15.9 Å². The molecule has 0 heterocycles. The number of benzene rings is 3. The van der Waals surface area contributed by atoms with E-state index >= 15 is 0 Å². The summed E-state index contributed by atoms with van der Waals surface area (Å²) >= 11 is 0. The van der Waals surface area contributed by atoms with E-state index in [1.54, 1.807) is 7.11 Å². The van der Waals surface area contributed by atoms with Crippen LogP contribution in [0.15, 0.2) is 54.6 Å². The number of amides is 1. The van der Waals surface area contributed by atoms with Gasteiger partial charge in [-0.15, -0.1) is 0 Å². The molecule has 3 aromatic rings. The van der Waals surface area contributed by atoms with E-state index in [9.17, 15) is 14.9 Å². The number of methoxy groups -OCH3 is 1. The Labute approximate surface area is 149 Å². The molecule has 7 nitrogen and oxygen atoms in total. The molecule has 0 atom stereocenters. The molecule has 3 aromatic carbocycles. The highest BCUT2D eigenvalue weighted by Crippen LogP contribution is 2.23. The lowest BCUT2D eigenvalue weighted by atomic mass is 10.1. The zero-order valence-electron chi connectivity index (χ0n) is 14.1. The molecule has 3 N–H and O–H groups in total. The second kappa shape index (κ2) is 7.10. The van der Waals surface area contributed by atoms with Crippen LogP contribution >= 0.6 is 0 Å². The minimum Gasteiger partial charge on any atom is -0.497 e. The zero-order chi connectivity index (χ0) is 18.7. The third-order valence-corrected chi connectivity index (χ3v) is 4.05. The van der Waals surface area contributed by atoms with Gasteiger partial charge in [0.15, 0.2) is 0 Å². The van der Waals surface area contributed by atoms with Gasteiger partial charge in [-0.1, -0.05) is 18.2 Å². The molecule has 1 amide bonds. The summed E-state index contributed by atoms with van der Waals surface area (Å²) in [5.74, 6) is 0.381. The number of hydrogen-bond acceptors (Lipinski definition) is 5. The molecule has 0 aliphatic heterocycles. The normalized spacial score (nSPS) is 10.5. The van der Waals surface area contributed by atoms with Gasteiger partial charge in [-0.3, -0.25) is 14.9 Å². The maximum atomic E-state index is 12.3. The van der Waals surface area contributed by atoms with Crippen LogP contribution in [0.5, 0.6) is 5.75 Å². The lowest BCUT2D eigenvalue weighted by Crippen LogP contribution is -2.22. The lowest BCUT2D eigenvalue weighted by molar-refractivity contribution is -0.383.